The predicted molar refractivity (Wildman–Crippen MR) is 73.2 cm³/mol. The van der Waals surface area contributed by atoms with Gasteiger partial charge in [-0.1, -0.05) is 31.1 Å². The lowest BCUT2D eigenvalue weighted by molar-refractivity contribution is 0.434. The lowest BCUT2D eigenvalue weighted by Gasteiger charge is -2.05. The first-order valence-electron chi connectivity index (χ1n) is 5.10. The molecule has 16 heavy (non-hydrogen) atoms. The molecule has 1 aromatic heterocycles. The number of hydrogen-bond acceptors (Lipinski definition) is 3. The molecule has 2 N–H and O–H groups in total. The SMILES string of the molecule is CC(C)c1c(N)noc1-c1cccc(I)c1. The number of rotatable bonds is 2. The molecular weight excluding hydrogens is 315 g/mol. The molecule has 0 aliphatic rings. The zero-order chi connectivity index (χ0) is 11.7. The van der Waals surface area contributed by atoms with Crippen LogP contribution in [0.2, 0.25) is 0 Å². The highest BCUT2D eigenvalue weighted by atomic mass is 127. The highest BCUT2D eigenvalue weighted by molar-refractivity contribution is 14.1. The smallest absolute Gasteiger partial charge is 0.172 e. The van der Waals surface area contributed by atoms with E-state index in [0.717, 1.165) is 16.9 Å². The Morgan fingerprint density at radius 1 is 1.38 bits per heavy atom. The average Bonchev–Trinajstić information content (AvgIpc) is 2.60. The van der Waals surface area contributed by atoms with E-state index in [1.54, 1.807) is 0 Å². The molecule has 0 radical (unpaired) electrons. The van der Waals surface area contributed by atoms with Crippen LogP contribution in [0.5, 0.6) is 0 Å². The molecule has 0 spiro atoms. The van der Waals surface area contributed by atoms with Crippen molar-refractivity contribution in [3.8, 4) is 11.3 Å². The highest BCUT2D eigenvalue weighted by Gasteiger charge is 2.18. The Bertz CT molecular complexity index is 505. The summed E-state index contributed by atoms with van der Waals surface area (Å²) in [6.45, 7) is 4.17. The molecule has 0 aliphatic heterocycles. The van der Waals surface area contributed by atoms with Crippen molar-refractivity contribution >= 4 is 28.4 Å². The van der Waals surface area contributed by atoms with E-state index in [4.69, 9.17) is 10.3 Å². The number of halogens is 1. The normalized spacial score (nSPS) is 11.0. The van der Waals surface area contributed by atoms with Gasteiger partial charge in [0.15, 0.2) is 11.6 Å². The third kappa shape index (κ3) is 2.07. The minimum atomic E-state index is 0.305. The Labute approximate surface area is 108 Å². The molecule has 0 bridgehead atoms. The van der Waals surface area contributed by atoms with Crippen molar-refractivity contribution < 1.29 is 4.52 Å². The van der Waals surface area contributed by atoms with Crippen LogP contribution in [-0.4, -0.2) is 5.16 Å². The number of aromatic nitrogens is 1. The first-order valence-corrected chi connectivity index (χ1v) is 6.18. The van der Waals surface area contributed by atoms with E-state index in [-0.39, 0.29) is 0 Å². The van der Waals surface area contributed by atoms with Crippen molar-refractivity contribution in [3.05, 3.63) is 33.4 Å². The van der Waals surface area contributed by atoms with Gasteiger partial charge in [-0.15, -0.1) is 0 Å². The van der Waals surface area contributed by atoms with E-state index in [0.29, 0.717) is 11.7 Å². The third-order valence-corrected chi connectivity index (χ3v) is 3.09. The van der Waals surface area contributed by atoms with E-state index in [9.17, 15) is 0 Å². The van der Waals surface area contributed by atoms with Crippen molar-refractivity contribution in [2.24, 2.45) is 0 Å². The van der Waals surface area contributed by atoms with Gasteiger partial charge in [0.1, 0.15) is 0 Å². The summed E-state index contributed by atoms with van der Waals surface area (Å²) in [5, 5.41) is 3.84. The monoisotopic (exact) mass is 328 g/mol. The maximum Gasteiger partial charge on any atom is 0.172 e. The summed E-state index contributed by atoms with van der Waals surface area (Å²) >= 11 is 2.27. The minimum absolute atomic E-state index is 0.305. The van der Waals surface area contributed by atoms with Crippen LogP contribution in [-0.2, 0) is 0 Å². The molecule has 3 nitrogen and oxygen atoms in total. The van der Waals surface area contributed by atoms with Crippen LogP contribution < -0.4 is 5.73 Å². The van der Waals surface area contributed by atoms with Crippen LogP contribution >= 0.6 is 22.6 Å². The third-order valence-electron chi connectivity index (χ3n) is 2.42. The van der Waals surface area contributed by atoms with Gasteiger partial charge in [-0.05, 0) is 40.6 Å². The van der Waals surface area contributed by atoms with Gasteiger partial charge in [0.25, 0.3) is 0 Å². The second kappa shape index (κ2) is 4.45. The van der Waals surface area contributed by atoms with Gasteiger partial charge >= 0.3 is 0 Å². The maximum atomic E-state index is 5.81. The zero-order valence-corrected chi connectivity index (χ0v) is 11.4. The lowest BCUT2D eigenvalue weighted by Crippen LogP contribution is -1.95. The standard InChI is InChI=1S/C12H13IN2O/c1-7(2)10-11(16-15-12(10)14)8-4-3-5-9(13)6-8/h3-7H,1-2H3,(H2,14,15). The molecule has 0 unspecified atom stereocenters. The predicted octanol–water partition coefficient (Wildman–Crippen LogP) is 3.65. The van der Waals surface area contributed by atoms with Crippen LogP contribution in [0.3, 0.4) is 0 Å². The second-order valence-electron chi connectivity index (χ2n) is 3.98. The molecule has 0 fully saturated rings. The molecule has 2 rings (SSSR count). The first kappa shape index (κ1) is 11.4. The van der Waals surface area contributed by atoms with Gasteiger partial charge in [0.2, 0.25) is 0 Å². The molecule has 1 heterocycles. The number of benzene rings is 1. The van der Waals surface area contributed by atoms with Gasteiger partial charge in [-0.3, -0.25) is 0 Å². The van der Waals surface area contributed by atoms with Crippen molar-refractivity contribution in [3.63, 3.8) is 0 Å². The minimum Gasteiger partial charge on any atom is -0.381 e. The molecule has 0 aliphatic carbocycles. The molecule has 0 saturated carbocycles. The van der Waals surface area contributed by atoms with Crippen molar-refractivity contribution in [1.29, 1.82) is 0 Å². The van der Waals surface area contributed by atoms with Crippen LogP contribution in [0.25, 0.3) is 11.3 Å². The zero-order valence-electron chi connectivity index (χ0n) is 9.20. The number of nitrogens with two attached hydrogens (primary N) is 1. The van der Waals surface area contributed by atoms with Crippen LogP contribution in [0.15, 0.2) is 28.8 Å². The quantitative estimate of drug-likeness (QED) is 0.856. The van der Waals surface area contributed by atoms with E-state index in [2.05, 4.69) is 47.7 Å². The Hall–Kier alpha value is -1.04. The number of hydrogen-bond donors (Lipinski definition) is 1. The van der Waals surface area contributed by atoms with Crippen LogP contribution in [0.1, 0.15) is 25.3 Å². The summed E-state index contributed by atoms with van der Waals surface area (Å²) in [4.78, 5) is 0. The summed E-state index contributed by atoms with van der Waals surface area (Å²) in [5.74, 6) is 1.58. The Morgan fingerprint density at radius 3 is 2.75 bits per heavy atom. The summed E-state index contributed by atoms with van der Waals surface area (Å²) < 4.78 is 6.49. The fourth-order valence-electron chi connectivity index (χ4n) is 1.71. The summed E-state index contributed by atoms with van der Waals surface area (Å²) in [7, 11) is 0. The Kier molecular flexibility index (Phi) is 3.18. The highest BCUT2D eigenvalue weighted by Crippen LogP contribution is 2.33. The summed E-state index contributed by atoms with van der Waals surface area (Å²) in [6, 6.07) is 8.11. The topological polar surface area (TPSA) is 52.0 Å². The van der Waals surface area contributed by atoms with Gasteiger partial charge < -0.3 is 10.3 Å². The second-order valence-corrected chi connectivity index (χ2v) is 5.22. The van der Waals surface area contributed by atoms with Gasteiger partial charge in [0, 0.05) is 14.7 Å². The van der Waals surface area contributed by atoms with E-state index >= 15 is 0 Å². The molecular formula is C12H13IN2O. The average molecular weight is 328 g/mol. The number of anilines is 1. The van der Waals surface area contributed by atoms with Crippen LogP contribution in [0, 0.1) is 3.57 Å². The first-order chi connectivity index (χ1) is 7.59. The molecule has 2 aromatic rings. The van der Waals surface area contributed by atoms with Gasteiger partial charge in [-0.2, -0.15) is 0 Å². The summed E-state index contributed by atoms with van der Waals surface area (Å²) in [5.41, 5.74) is 7.83. The van der Waals surface area contributed by atoms with Crippen molar-refractivity contribution in [1.82, 2.24) is 5.16 Å². The number of nitrogen functional groups attached to an aromatic ring is 1. The largest absolute Gasteiger partial charge is 0.381 e. The molecule has 0 amide bonds. The number of nitrogens with zero attached hydrogens (tertiary/aromatic N) is 1. The van der Waals surface area contributed by atoms with Gasteiger partial charge in [-0.25, -0.2) is 0 Å². The Balaban J connectivity index is 2.56. The van der Waals surface area contributed by atoms with Crippen LogP contribution in [0.4, 0.5) is 5.82 Å². The molecule has 0 saturated heterocycles. The maximum absolute atomic E-state index is 5.81. The molecule has 84 valence electrons. The van der Waals surface area contributed by atoms with Crippen molar-refractivity contribution in [2.45, 2.75) is 19.8 Å². The molecule has 1 aromatic carbocycles. The molecule has 4 heteroatoms. The molecule has 0 atom stereocenters. The Morgan fingerprint density at radius 2 is 2.12 bits per heavy atom. The van der Waals surface area contributed by atoms with Crippen molar-refractivity contribution in [2.75, 3.05) is 5.73 Å². The van der Waals surface area contributed by atoms with E-state index in [1.807, 2.05) is 18.2 Å². The van der Waals surface area contributed by atoms with E-state index in [1.165, 1.54) is 3.57 Å². The fourth-order valence-corrected chi connectivity index (χ4v) is 2.25. The lowest BCUT2D eigenvalue weighted by atomic mass is 9.99. The summed E-state index contributed by atoms with van der Waals surface area (Å²) in [6.07, 6.45) is 0. The van der Waals surface area contributed by atoms with E-state index < -0.39 is 0 Å². The fraction of sp³-hybridized carbons (Fsp3) is 0.250. The van der Waals surface area contributed by atoms with Gasteiger partial charge in [0.05, 0.1) is 0 Å².